The molecule has 118 valence electrons. The predicted octanol–water partition coefficient (Wildman–Crippen LogP) is 0.560. The average Bonchev–Trinajstić information content (AvgIpc) is 2.89. The van der Waals surface area contributed by atoms with Crippen LogP contribution in [0.2, 0.25) is 0 Å². The molecule has 3 N–H and O–H groups in total. The summed E-state index contributed by atoms with van der Waals surface area (Å²) < 4.78 is 3.32. The van der Waals surface area contributed by atoms with E-state index in [1.165, 1.54) is 0 Å². The smallest absolute Gasteiger partial charge is 0.260 e. The third-order valence-electron chi connectivity index (χ3n) is 2.97. The van der Waals surface area contributed by atoms with Crippen LogP contribution in [0.3, 0.4) is 0 Å². The summed E-state index contributed by atoms with van der Waals surface area (Å²) in [5.74, 6) is -0.238. The van der Waals surface area contributed by atoms with E-state index in [1.54, 1.807) is 15.6 Å². The number of hydrogen-bond donors (Lipinski definition) is 3. The molecule has 0 unspecified atom stereocenters. The highest BCUT2D eigenvalue weighted by molar-refractivity contribution is 7.80. The number of nitrogens with one attached hydrogen (secondary N) is 3. The number of nitrogens with zero attached hydrogens (tertiary/aromatic N) is 4. The van der Waals surface area contributed by atoms with E-state index in [4.69, 9.17) is 12.2 Å². The highest BCUT2D eigenvalue weighted by Crippen LogP contribution is 2.10. The van der Waals surface area contributed by atoms with E-state index in [1.807, 2.05) is 33.9 Å². The molecule has 0 radical (unpaired) electrons. The molecule has 9 heteroatoms. The molecule has 0 aromatic carbocycles. The summed E-state index contributed by atoms with van der Waals surface area (Å²) in [5.41, 5.74) is 8.60. The van der Waals surface area contributed by atoms with Gasteiger partial charge in [0.2, 0.25) is 0 Å². The third kappa shape index (κ3) is 4.04. The Bertz CT molecular complexity index is 643. The van der Waals surface area contributed by atoms with Crippen molar-refractivity contribution in [3.8, 4) is 0 Å². The fraction of sp³-hybridized carbons (Fsp3) is 0.385. The maximum absolute atomic E-state index is 11.9. The maximum atomic E-state index is 11.9. The summed E-state index contributed by atoms with van der Waals surface area (Å²) >= 11 is 5.12. The Morgan fingerprint density at radius 3 is 2.55 bits per heavy atom. The number of hydrazine groups is 1. The van der Waals surface area contributed by atoms with Crippen LogP contribution in [0.5, 0.6) is 0 Å². The van der Waals surface area contributed by atoms with E-state index in [0.717, 1.165) is 22.8 Å². The van der Waals surface area contributed by atoms with E-state index in [9.17, 15) is 4.79 Å². The minimum Gasteiger partial charge on any atom is -0.329 e. The monoisotopic (exact) mass is 321 g/mol. The number of thiocarbonyl (C=S) groups is 1. The van der Waals surface area contributed by atoms with Gasteiger partial charge in [-0.3, -0.25) is 25.0 Å². The van der Waals surface area contributed by atoms with Crippen molar-refractivity contribution in [3.05, 3.63) is 29.3 Å². The Labute approximate surface area is 133 Å². The summed E-state index contributed by atoms with van der Waals surface area (Å²) in [6, 6.07) is 1.91. The highest BCUT2D eigenvalue weighted by Gasteiger charge is 2.08. The number of amides is 1. The third-order valence-corrected chi connectivity index (χ3v) is 3.18. The van der Waals surface area contributed by atoms with Gasteiger partial charge >= 0.3 is 0 Å². The first kappa shape index (κ1) is 16.0. The zero-order chi connectivity index (χ0) is 16.3. The van der Waals surface area contributed by atoms with Crippen molar-refractivity contribution in [1.82, 2.24) is 30.4 Å². The lowest BCUT2D eigenvalue weighted by Gasteiger charge is -2.11. The Morgan fingerprint density at radius 2 is 2.00 bits per heavy atom. The van der Waals surface area contributed by atoms with Gasteiger partial charge in [-0.05, 0) is 39.1 Å². The van der Waals surface area contributed by atoms with Gasteiger partial charge in [-0.1, -0.05) is 0 Å². The van der Waals surface area contributed by atoms with Crippen molar-refractivity contribution < 1.29 is 4.79 Å². The second-order valence-corrected chi connectivity index (χ2v) is 5.42. The Balaban J connectivity index is 1.82. The molecule has 0 aliphatic carbocycles. The number of anilines is 1. The first-order valence-electron chi connectivity index (χ1n) is 6.72. The molecule has 0 atom stereocenters. The number of aromatic nitrogens is 4. The quantitative estimate of drug-likeness (QED) is 0.565. The summed E-state index contributed by atoms with van der Waals surface area (Å²) in [6.45, 7) is 5.78. The number of aryl methyl sites for hydroxylation is 4. The van der Waals surface area contributed by atoms with Crippen LogP contribution in [0.4, 0.5) is 5.69 Å². The number of carbonyl (C=O) groups excluding carboxylic acids is 1. The largest absolute Gasteiger partial charge is 0.329 e. The molecular weight excluding hydrogens is 302 g/mol. The predicted molar refractivity (Wildman–Crippen MR) is 87.1 cm³/mol. The van der Waals surface area contributed by atoms with E-state index >= 15 is 0 Å². The minimum atomic E-state index is -0.238. The number of carbonyl (C=O) groups is 1. The minimum absolute atomic E-state index is 0.126. The van der Waals surface area contributed by atoms with E-state index < -0.39 is 0 Å². The van der Waals surface area contributed by atoms with Gasteiger partial charge in [0.05, 0.1) is 17.1 Å². The topological polar surface area (TPSA) is 88.8 Å². The van der Waals surface area contributed by atoms with Crippen molar-refractivity contribution >= 4 is 28.9 Å². The van der Waals surface area contributed by atoms with Crippen molar-refractivity contribution in [1.29, 1.82) is 0 Å². The molecule has 2 aromatic heterocycles. The first-order chi connectivity index (χ1) is 10.3. The standard InChI is InChI=1S/C13H19N7OS/c1-8-5-9(2)20(17-8)7-12(21)15-16-13(22)14-11-6-19(4)18-10(11)3/h5-6H,7H2,1-4H3,(H,15,21)(H2,14,16,22). The molecule has 0 bridgehead atoms. The van der Waals surface area contributed by atoms with Crippen LogP contribution in [0, 0.1) is 20.8 Å². The second-order valence-electron chi connectivity index (χ2n) is 5.01. The van der Waals surface area contributed by atoms with Gasteiger partial charge in [-0.2, -0.15) is 10.2 Å². The zero-order valence-electron chi connectivity index (χ0n) is 13.0. The molecule has 0 spiro atoms. The molecular formula is C13H19N7OS. The van der Waals surface area contributed by atoms with Gasteiger partial charge < -0.3 is 5.32 Å². The van der Waals surface area contributed by atoms with Crippen LogP contribution in [0.25, 0.3) is 0 Å². The van der Waals surface area contributed by atoms with Crippen LogP contribution in [0.15, 0.2) is 12.3 Å². The van der Waals surface area contributed by atoms with E-state index in [2.05, 4.69) is 26.4 Å². The summed E-state index contributed by atoms with van der Waals surface area (Å²) in [5, 5.41) is 11.7. The molecule has 2 rings (SSSR count). The molecule has 0 aliphatic heterocycles. The lowest BCUT2D eigenvalue weighted by atomic mass is 10.4. The van der Waals surface area contributed by atoms with Crippen LogP contribution >= 0.6 is 12.2 Å². The summed E-state index contributed by atoms with van der Waals surface area (Å²) in [7, 11) is 1.82. The summed E-state index contributed by atoms with van der Waals surface area (Å²) in [4.78, 5) is 11.9. The Hall–Kier alpha value is -2.42. The lowest BCUT2D eigenvalue weighted by Crippen LogP contribution is -2.45. The fourth-order valence-corrected chi connectivity index (χ4v) is 2.17. The van der Waals surface area contributed by atoms with Crippen LogP contribution in [0.1, 0.15) is 17.1 Å². The van der Waals surface area contributed by atoms with Gasteiger partial charge in [-0.25, -0.2) is 0 Å². The van der Waals surface area contributed by atoms with Crippen molar-refractivity contribution in [2.75, 3.05) is 5.32 Å². The van der Waals surface area contributed by atoms with Crippen molar-refractivity contribution in [2.24, 2.45) is 7.05 Å². The molecule has 0 saturated carbocycles. The molecule has 2 aromatic rings. The molecule has 22 heavy (non-hydrogen) atoms. The zero-order valence-corrected chi connectivity index (χ0v) is 13.8. The maximum Gasteiger partial charge on any atom is 0.260 e. The van der Waals surface area contributed by atoms with E-state index in [0.29, 0.717) is 0 Å². The first-order valence-corrected chi connectivity index (χ1v) is 7.13. The Morgan fingerprint density at radius 1 is 1.27 bits per heavy atom. The molecule has 8 nitrogen and oxygen atoms in total. The number of rotatable bonds is 3. The van der Waals surface area contributed by atoms with E-state index in [-0.39, 0.29) is 17.6 Å². The van der Waals surface area contributed by atoms with Crippen LogP contribution in [-0.2, 0) is 18.4 Å². The van der Waals surface area contributed by atoms with Gasteiger partial charge in [0, 0.05) is 18.9 Å². The van der Waals surface area contributed by atoms with Crippen molar-refractivity contribution in [3.63, 3.8) is 0 Å². The molecule has 1 amide bonds. The van der Waals surface area contributed by atoms with Crippen molar-refractivity contribution in [2.45, 2.75) is 27.3 Å². The SMILES string of the molecule is Cc1cc(C)n(CC(=O)NNC(=S)Nc2cn(C)nc2C)n1. The van der Waals surface area contributed by atoms with Gasteiger partial charge in [0.1, 0.15) is 6.54 Å². The summed E-state index contributed by atoms with van der Waals surface area (Å²) in [6.07, 6.45) is 1.81. The van der Waals surface area contributed by atoms with Crippen LogP contribution in [-0.4, -0.2) is 30.6 Å². The molecule has 0 fully saturated rings. The highest BCUT2D eigenvalue weighted by atomic mass is 32.1. The van der Waals surface area contributed by atoms with Crippen LogP contribution < -0.4 is 16.2 Å². The molecule has 0 saturated heterocycles. The normalized spacial score (nSPS) is 10.4. The fourth-order valence-electron chi connectivity index (χ4n) is 2.01. The Kier molecular flexibility index (Phi) is 4.76. The second kappa shape index (κ2) is 6.56. The number of hydrogen-bond acceptors (Lipinski definition) is 4. The van der Waals surface area contributed by atoms with Gasteiger partial charge in [0.25, 0.3) is 5.91 Å². The van der Waals surface area contributed by atoms with Gasteiger partial charge in [0.15, 0.2) is 5.11 Å². The molecule has 2 heterocycles. The lowest BCUT2D eigenvalue weighted by molar-refractivity contribution is -0.122. The average molecular weight is 321 g/mol. The molecule has 0 aliphatic rings. The van der Waals surface area contributed by atoms with Gasteiger partial charge in [-0.15, -0.1) is 0 Å².